The molecule has 2 aromatic rings. The summed E-state index contributed by atoms with van der Waals surface area (Å²) < 4.78 is 0. The standard InChI is InChI=1S/C10H11N3S/c1-7-4-10(12-5-9(7)11)13-8-2-3-14-6-8/h2-6H,11H2,1H3,(H,12,13). The second-order valence-electron chi connectivity index (χ2n) is 3.06. The molecular weight excluding hydrogens is 194 g/mol. The summed E-state index contributed by atoms with van der Waals surface area (Å²) in [4.78, 5) is 4.18. The summed E-state index contributed by atoms with van der Waals surface area (Å²) in [5.41, 5.74) is 8.50. The molecule has 0 radical (unpaired) electrons. The van der Waals surface area contributed by atoms with Crippen LogP contribution in [-0.4, -0.2) is 4.98 Å². The molecule has 2 aromatic heterocycles. The number of thiophene rings is 1. The molecular formula is C10H11N3S. The minimum Gasteiger partial charge on any atom is -0.397 e. The van der Waals surface area contributed by atoms with Crippen molar-refractivity contribution in [2.24, 2.45) is 0 Å². The van der Waals surface area contributed by atoms with E-state index in [0.29, 0.717) is 0 Å². The Morgan fingerprint density at radius 3 is 3.00 bits per heavy atom. The van der Waals surface area contributed by atoms with Gasteiger partial charge in [-0.25, -0.2) is 4.98 Å². The van der Waals surface area contributed by atoms with E-state index in [9.17, 15) is 0 Å². The summed E-state index contributed by atoms with van der Waals surface area (Å²) >= 11 is 1.65. The quantitative estimate of drug-likeness (QED) is 0.792. The first-order chi connectivity index (χ1) is 6.75. The number of nitrogens with zero attached hydrogens (tertiary/aromatic N) is 1. The van der Waals surface area contributed by atoms with Crippen LogP contribution in [0.5, 0.6) is 0 Å². The highest BCUT2D eigenvalue weighted by Gasteiger charge is 1.98. The topological polar surface area (TPSA) is 50.9 Å². The van der Waals surface area contributed by atoms with Crippen LogP contribution in [-0.2, 0) is 0 Å². The monoisotopic (exact) mass is 205 g/mol. The maximum atomic E-state index is 5.67. The van der Waals surface area contributed by atoms with E-state index >= 15 is 0 Å². The van der Waals surface area contributed by atoms with Crippen molar-refractivity contribution in [1.82, 2.24) is 4.98 Å². The van der Waals surface area contributed by atoms with Crippen molar-refractivity contribution in [2.45, 2.75) is 6.92 Å². The zero-order valence-corrected chi connectivity index (χ0v) is 8.64. The van der Waals surface area contributed by atoms with E-state index in [1.807, 2.05) is 29.8 Å². The Kier molecular flexibility index (Phi) is 2.37. The number of nitrogens with one attached hydrogen (secondary N) is 1. The number of pyridine rings is 1. The normalized spacial score (nSPS) is 10.1. The summed E-state index contributed by atoms with van der Waals surface area (Å²) in [5, 5.41) is 7.25. The second kappa shape index (κ2) is 3.67. The van der Waals surface area contributed by atoms with Gasteiger partial charge in [-0.1, -0.05) is 0 Å². The van der Waals surface area contributed by atoms with E-state index in [0.717, 1.165) is 22.8 Å². The molecule has 2 heterocycles. The van der Waals surface area contributed by atoms with Gasteiger partial charge in [0.2, 0.25) is 0 Å². The van der Waals surface area contributed by atoms with Gasteiger partial charge < -0.3 is 11.1 Å². The van der Waals surface area contributed by atoms with Crippen molar-refractivity contribution < 1.29 is 0 Å². The van der Waals surface area contributed by atoms with Gasteiger partial charge in [0.1, 0.15) is 5.82 Å². The number of rotatable bonds is 2. The van der Waals surface area contributed by atoms with E-state index in [4.69, 9.17) is 5.73 Å². The predicted molar refractivity (Wildman–Crippen MR) is 61.0 cm³/mol. The predicted octanol–water partition coefficient (Wildman–Crippen LogP) is 2.78. The zero-order chi connectivity index (χ0) is 9.97. The van der Waals surface area contributed by atoms with Crippen molar-refractivity contribution in [3.8, 4) is 0 Å². The van der Waals surface area contributed by atoms with Crippen LogP contribution in [0.15, 0.2) is 29.1 Å². The van der Waals surface area contributed by atoms with E-state index in [-0.39, 0.29) is 0 Å². The number of nitrogens with two attached hydrogens (primary N) is 1. The zero-order valence-electron chi connectivity index (χ0n) is 7.82. The minimum atomic E-state index is 0.723. The van der Waals surface area contributed by atoms with Gasteiger partial charge in [-0.3, -0.25) is 0 Å². The van der Waals surface area contributed by atoms with E-state index in [2.05, 4.69) is 10.3 Å². The van der Waals surface area contributed by atoms with Crippen molar-refractivity contribution in [1.29, 1.82) is 0 Å². The third-order valence-electron chi connectivity index (χ3n) is 1.94. The summed E-state index contributed by atoms with van der Waals surface area (Å²) in [6.07, 6.45) is 1.67. The van der Waals surface area contributed by atoms with Crippen LogP contribution >= 0.6 is 11.3 Å². The molecule has 0 fully saturated rings. The first-order valence-corrected chi connectivity index (χ1v) is 5.21. The van der Waals surface area contributed by atoms with Gasteiger partial charge in [0.05, 0.1) is 17.6 Å². The lowest BCUT2D eigenvalue weighted by Crippen LogP contribution is -1.96. The Balaban J connectivity index is 2.22. The van der Waals surface area contributed by atoms with Crippen LogP contribution in [0.2, 0.25) is 0 Å². The molecule has 0 aliphatic carbocycles. The fourth-order valence-electron chi connectivity index (χ4n) is 1.12. The maximum absolute atomic E-state index is 5.67. The highest BCUT2D eigenvalue weighted by molar-refractivity contribution is 7.08. The van der Waals surface area contributed by atoms with Crippen molar-refractivity contribution in [2.75, 3.05) is 11.1 Å². The molecule has 2 rings (SSSR count). The van der Waals surface area contributed by atoms with Crippen LogP contribution < -0.4 is 11.1 Å². The molecule has 72 valence electrons. The number of hydrogen-bond donors (Lipinski definition) is 2. The van der Waals surface area contributed by atoms with E-state index < -0.39 is 0 Å². The Labute approximate surface area is 86.6 Å². The first-order valence-electron chi connectivity index (χ1n) is 4.27. The van der Waals surface area contributed by atoms with Crippen LogP contribution in [0, 0.1) is 6.92 Å². The fourth-order valence-corrected chi connectivity index (χ4v) is 1.71. The Hall–Kier alpha value is -1.55. The van der Waals surface area contributed by atoms with Gasteiger partial charge in [0.15, 0.2) is 0 Å². The molecule has 0 amide bonds. The van der Waals surface area contributed by atoms with Crippen molar-refractivity contribution >= 4 is 28.5 Å². The van der Waals surface area contributed by atoms with Gasteiger partial charge in [-0.05, 0) is 30.0 Å². The molecule has 0 aliphatic rings. The summed E-state index contributed by atoms with van der Waals surface area (Å²) in [7, 11) is 0. The second-order valence-corrected chi connectivity index (χ2v) is 3.84. The summed E-state index contributed by atoms with van der Waals surface area (Å²) in [5.74, 6) is 0.829. The molecule has 0 spiro atoms. The van der Waals surface area contributed by atoms with E-state index in [1.54, 1.807) is 17.5 Å². The first kappa shape index (κ1) is 9.02. The molecule has 4 heteroatoms. The number of anilines is 3. The minimum absolute atomic E-state index is 0.723. The smallest absolute Gasteiger partial charge is 0.130 e. The molecule has 0 saturated carbocycles. The molecule has 0 bridgehead atoms. The third kappa shape index (κ3) is 1.85. The van der Waals surface area contributed by atoms with E-state index in [1.165, 1.54) is 0 Å². The van der Waals surface area contributed by atoms with Gasteiger partial charge in [0, 0.05) is 5.38 Å². The van der Waals surface area contributed by atoms with Gasteiger partial charge in [0.25, 0.3) is 0 Å². The Bertz CT molecular complexity index is 423. The Morgan fingerprint density at radius 1 is 1.50 bits per heavy atom. The molecule has 0 aromatic carbocycles. The summed E-state index contributed by atoms with van der Waals surface area (Å²) in [6, 6.07) is 3.95. The van der Waals surface area contributed by atoms with Gasteiger partial charge >= 0.3 is 0 Å². The van der Waals surface area contributed by atoms with Crippen molar-refractivity contribution in [3.05, 3.63) is 34.7 Å². The number of hydrogen-bond acceptors (Lipinski definition) is 4. The highest BCUT2D eigenvalue weighted by Crippen LogP contribution is 2.19. The average Bonchev–Trinajstić information content (AvgIpc) is 2.64. The van der Waals surface area contributed by atoms with Gasteiger partial charge in [-0.15, -0.1) is 0 Å². The van der Waals surface area contributed by atoms with Crippen LogP contribution in [0.4, 0.5) is 17.2 Å². The maximum Gasteiger partial charge on any atom is 0.130 e. The molecule has 0 aliphatic heterocycles. The summed E-state index contributed by atoms with van der Waals surface area (Å²) in [6.45, 7) is 1.97. The number of aromatic nitrogens is 1. The molecule has 0 unspecified atom stereocenters. The molecule has 3 nitrogen and oxygen atoms in total. The van der Waals surface area contributed by atoms with Crippen LogP contribution in [0.1, 0.15) is 5.56 Å². The van der Waals surface area contributed by atoms with Crippen LogP contribution in [0.25, 0.3) is 0 Å². The third-order valence-corrected chi connectivity index (χ3v) is 2.63. The highest BCUT2D eigenvalue weighted by atomic mass is 32.1. The number of aryl methyl sites for hydroxylation is 1. The molecule has 3 N–H and O–H groups in total. The lowest BCUT2D eigenvalue weighted by Gasteiger charge is -2.05. The Morgan fingerprint density at radius 2 is 2.36 bits per heavy atom. The lowest BCUT2D eigenvalue weighted by molar-refractivity contribution is 1.28. The molecule has 14 heavy (non-hydrogen) atoms. The fraction of sp³-hybridized carbons (Fsp3) is 0.100. The van der Waals surface area contributed by atoms with Gasteiger partial charge in [-0.2, -0.15) is 11.3 Å². The largest absolute Gasteiger partial charge is 0.397 e. The average molecular weight is 205 g/mol. The lowest BCUT2D eigenvalue weighted by atomic mass is 10.2. The van der Waals surface area contributed by atoms with Crippen LogP contribution in [0.3, 0.4) is 0 Å². The molecule has 0 saturated heterocycles. The van der Waals surface area contributed by atoms with Crippen molar-refractivity contribution in [3.63, 3.8) is 0 Å². The number of nitrogen functional groups attached to an aromatic ring is 1. The molecule has 0 atom stereocenters. The SMILES string of the molecule is Cc1cc(Nc2ccsc2)ncc1N.